The molecule has 0 saturated carbocycles. The molecule has 2 aromatic rings. The highest BCUT2D eigenvalue weighted by Crippen LogP contribution is 2.18. The maximum atomic E-state index is 8.95. The van der Waals surface area contributed by atoms with E-state index in [4.69, 9.17) is 5.11 Å². The molecule has 1 aromatic carbocycles. The van der Waals surface area contributed by atoms with Gasteiger partial charge in [-0.3, -0.25) is 0 Å². The number of aliphatic hydroxyl groups is 1. The van der Waals surface area contributed by atoms with Gasteiger partial charge in [-0.2, -0.15) is 0 Å². The van der Waals surface area contributed by atoms with Crippen LogP contribution in [0.2, 0.25) is 0 Å². The first kappa shape index (κ1) is 17.0. The second-order valence-electron chi connectivity index (χ2n) is 6.61. The summed E-state index contributed by atoms with van der Waals surface area (Å²) in [6.07, 6.45) is 6.55. The van der Waals surface area contributed by atoms with E-state index < -0.39 is 0 Å². The van der Waals surface area contributed by atoms with Gasteiger partial charge in [-0.25, -0.2) is 0 Å². The molecule has 3 nitrogen and oxygen atoms in total. The normalized spacial score (nSPS) is 14.3. The van der Waals surface area contributed by atoms with E-state index in [2.05, 4.69) is 54.6 Å². The van der Waals surface area contributed by atoms with Crippen LogP contribution in [0.3, 0.4) is 0 Å². The van der Waals surface area contributed by atoms with Crippen LogP contribution in [0.25, 0.3) is 10.9 Å². The predicted octanol–water partition coefficient (Wildman–Crippen LogP) is 3.73. The van der Waals surface area contributed by atoms with E-state index in [0.717, 1.165) is 31.8 Å². The summed E-state index contributed by atoms with van der Waals surface area (Å²) in [7, 11) is 0. The molecule has 0 aliphatic rings. The zero-order valence-corrected chi connectivity index (χ0v) is 13.9. The van der Waals surface area contributed by atoms with Gasteiger partial charge in [-0.15, -0.1) is 0 Å². The van der Waals surface area contributed by atoms with Crippen molar-refractivity contribution < 1.29 is 5.11 Å². The molecule has 1 aromatic heterocycles. The zero-order valence-electron chi connectivity index (χ0n) is 13.9. The Balaban J connectivity index is 1.63. The van der Waals surface area contributed by atoms with E-state index in [9.17, 15) is 0 Å². The highest BCUT2D eigenvalue weighted by molar-refractivity contribution is 5.83. The van der Waals surface area contributed by atoms with Crippen molar-refractivity contribution in [2.24, 2.45) is 11.8 Å². The molecule has 0 amide bonds. The second kappa shape index (κ2) is 8.96. The largest absolute Gasteiger partial charge is 0.396 e. The van der Waals surface area contributed by atoms with Crippen molar-refractivity contribution >= 4 is 10.9 Å². The van der Waals surface area contributed by atoms with Gasteiger partial charge < -0.3 is 15.4 Å². The molecule has 1 heterocycles. The quantitative estimate of drug-likeness (QED) is 0.586. The summed E-state index contributed by atoms with van der Waals surface area (Å²) < 4.78 is 0. The molecule has 0 aliphatic carbocycles. The van der Waals surface area contributed by atoms with Crippen molar-refractivity contribution in [3.63, 3.8) is 0 Å². The van der Waals surface area contributed by atoms with E-state index in [1.807, 2.05) is 0 Å². The summed E-state index contributed by atoms with van der Waals surface area (Å²) in [6.45, 7) is 6.97. The van der Waals surface area contributed by atoms with Crippen LogP contribution in [0.1, 0.15) is 38.7 Å². The lowest BCUT2D eigenvalue weighted by Gasteiger charge is -2.16. The number of hydrogen-bond acceptors (Lipinski definition) is 2. The third-order valence-corrected chi connectivity index (χ3v) is 4.49. The Labute approximate surface area is 134 Å². The van der Waals surface area contributed by atoms with Gasteiger partial charge in [0.25, 0.3) is 0 Å². The lowest BCUT2D eigenvalue weighted by Crippen LogP contribution is -2.20. The topological polar surface area (TPSA) is 48.0 Å². The average Bonchev–Trinajstić information content (AvgIpc) is 2.90. The molecular weight excluding hydrogens is 272 g/mol. The maximum absolute atomic E-state index is 8.95. The fourth-order valence-electron chi connectivity index (χ4n) is 3.18. The van der Waals surface area contributed by atoms with Crippen LogP contribution in [0.4, 0.5) is 0 Å². The zero-order chi connectivity index (χ0) is 15.8. The summed E-state index contributed by atoms with van der Waals surface area (Å²) in [6, 6.07) is 8.48. The minimum absolute atomic E-state index is 0.316. The highest BCUT2D eigenvalue weighted by atomic mass is 16.3. The lowest BCUT2D eigenvalue weighted by molar-refractivity contribution is 0.246. The first-order chi connectivity index (χ1) is 10.7. The van der Waals surface area contributed by atoms with E-state index in [-0.39, 0.29) is 0 Å². The fraction of sp³-hybridized carbons (Fsp3) is 0.579. The second-order valence-corrected chi connectivity index (χ2v) is 6.61. The molecule has 3 N–H and O–H groups in total. The number of aromatic nitrogens is 1. The number of hydrogen-bond donors (Lipinski definition) is 3. The van der Waals surface area contributed by atoms with Gasteiger partial charge in [0.1, 0.15) is 0 Å². The minimum atomic E-state index is 0.316. The van der Waals surface area contributed by atoms with E-state index in [1.54, 1.807) is 0 Å². The molecule has 0 radical (unpaired) electrons. The van der Waals surface area contributed by atoms with Crippen LogP contribution < -0.4 is 5.32 Å². The lowest BCUT2D eigenvalue weighted by atomic mass is 9.93. The minimum Gasteiger partial charge on any atom is -0.396 e. The molecule has 2 unspecified atom stereocenters. The number of nitrogens with one attached hydrogen (secondary N) is 2. The van der Waals surface area contributed by atoms with Crippen LogP contribution in [0, 0.1) is 11.8 Å². The van der Waals surface area contributed by atoms with Gasteiger partial charge in [0.2, 0.25) is 0 Å². The Morgan fingerprint density at radius 3 is 2.68 bits per heavy atom. The maximum Gasteiger partial charge on any atom is 0.0456 e. The average molecular weight is 302 g/mol. The summed E-state index contributed by atoms with van der Waals surface area (Å²) in [4.78, 5) is 3.33. The molecule has 2 rings (SSSR count). The van der Waals surface area contributed by atoms with Crippen molar-refractivity contribution in [3.05, 3.63) is 36.0 Å². The standard InChI is InChI=1S/C19H30N2O/c1-15(13-16(2)9-12-22)7-10-20-11-8-17-14-21-19-6-4-3-5-18(17)19/h3-6,14-16,20-22H,7-13H2,1-2H3. The van der Waals surface area contributed by atoms with Gasteiger partial charge in [0.15, 0.2) is 0 Å². The Bertz CT molecular complexity index is 549. The number of aromatic amines is 1. The van der Waals surface area contributed by atoms with E-state index >= 15 is 0 Å². The number of fused-ring (bicyclic) bond motifs is 1. The third kappa shape index (κ3) is 5.15. The summed E-state index contributed by atoms with van der Waals surface area (Å²) in [5, 5.41) is 13.9. The number of para-hydroxylation sites is 1. The highest BCUT2D eigenvalue weighted by Gasteiger charge is 2.08. The van der Waals surface area contributed by atoms with Crippen LogP contribution in [-0.2, 0) is 6.42 Å². The Morgan fingerprint density at radius 2 is 1.86 bits per heavy atom. The number of H-pyrrole nitrogens is 1. The Morgan fingerprint density at radius 1 is 1.09 bits per heavy atom. The van der Waals surface area contributed by atoms with Crippen LogP contribution in [-0.4, -0.2) is 29.8 Å². The van der Waals surface area contributed by atoms with Gasteiger partial charge >= 0.3 is 0 Å². The van der Waals surface area contributed by atoms with Gasteiger partial charge in [0, 0.05) is 23.7 Å². The summed E-state index contributed by atoms with van der Waals surface area (Å²) >= 11 is 0. The smallest absolute Gasteiger partial charge is 0.0456 e. The number of benzene rings is 1. The van der Waals surface area contributed by atoms with Crippen molar-refractivity contribution in [2.75, 3.05) is 19.7 Å². The van der Waals surface area contributed by atoms with Crippen molar-refractivity contribution in [2.45, 2.75) is 39.5 Å². The summed E-state index contributed by atoms with van der Waals surface area (Å²) in [5.41, 5.74) is 2.62. The van der Waals surface area contributed by atoms with Crippen LogP contribution >= 0.6 is 0 Å². The molecular formula is C19H30N2O. The van der Waals surface area contributed by atoms with Crippen LogP contribution in [0.5, 0.6) is 0 Å². The SMILES string of the molecule is CC(CCO)CC(C)CCNCCc1c[nH]c2ccccc12. The predicted molar refractivity (Wildman–Crippen MR) is 94.1 cm³/mol. The molecule has 0 fully saturated rings. The van der Waals surface area contributed by atoms with Gasteiger partial charge in [-0.05, 0) is 62.2 Å². The molecule has 0 saturated heterocycles. The first-order valence-electron chi connectivity index (χ1n) is 8.57. The molecule has 0 aliphatic heterocycles. The van der Waals surface area contributed by atoms with Gasteiger partial charge in [0.05, 0.1) is 0 Å². The Kier molecular flexibility index (Phi) is 6.94. The van der Waals surface area contributed by atoms with Crippen molar-refractivity contribution in [1.82, 2.24) is 10.3 Å². The summed E-state index contributed by atoms with van der Waals surface area (Å²) in [5.74, 6) is 1.35. The van der Waals surface area contributed by atoms with Crippen molar-refractivity contribution in [1.29, 1.82) is 0 Å². The van der Waals surface area contributed by atoms with E-state index in [1.165, 1.54) is 29.3 Å². The molecule has 2 atom stereocenters. The Hall–Kier alpha value is -1.32. The number of rotatable bonds is 10. The first-order valence-corrected chi connectivity index (χ1v) is 8.57. The number of aliphatic hydroxyl groups excluding tert-OH is 1. The molecule has 3 heteroatoms. The molecule has 0 spiro atoms. The molecule has 122 valence electrons. The monoisotopic (exact) mass is 302 g/mol. The van der Waals surface area contributed by atoms with Crippen molar-refractivity contribution in [3.8, 4) is 0 Å². The molecule has 22 heavy (non-hydrogen) atoms. The van der Waals surface area contributed by atoms with Gasteiger partial charge in [-0.1, -0.05) is 32.0 Å². The third-order valence-electron chi connectivity index (χ3n) is 4.49. The van der Waals surface area contributed by atoms with Crippen LogP contribution in [0.15, 0.2) is 30.5 Å². The fourth-order valence-corrected chi connectivity index (χ4v) is 3.18. The molecule has 0 bridgehead atoms. The van der Waals surface area contributed by atoms with E-state index in [0.29, 0.717) is 12.5 Å².